The summed E-state index contributed by atoms with van der Waals surface area (Å²) in [5, 5.41) is 0.393. The van der Waals surface area contributed by atoms with Crippen molar-refractivity contribution in [3.05, 3.63) is 29.3 Å². The molecule has 0 N–H and O–H groups in total. The van der Waals surface area contributed by atoms with Gasteiger partial charge in [0, 0.05) is 5.02 Å². The van der Waals surface area contributed by atoms with E-state index in [-0.39, 0.29) is 10.6 Å². The van der Waals surface area contributed by atoms with Gasteiger partial charge in [-0.3, -0.25) is 0 Å². The first-order valence-corrected chi connectivity index (χ1v) is 5.48. The Labute approximate surface area is 77.1 Å². The number of halogens is 1. The van der Waals surface area contributed by atoms with Gasteiger partial charge in [0.15, 0.2) is 9.84 Å². The molecular formula is C8H8ClO2S. The number of rotatable bonds is 2. The quantitative estimate of drug-likeness (QED) is 0.736. The molecule has 2 nitrogen and oxygen atoms in total. The molecular weight excluding hydrogens is 196 g/mol. The van der Waals surface area contributed by atoms with Crippen molar-refractivity contribution < 1.29 is 8.42 Å². The molecule has 0 aliphatic heterocycles. The van der Waals surface area contributed by atoms with Gasteiger partial charge in [0.05, 0.1) is 10.6 Å². The fourth-order valence-corrected chi connectivity index (χ4v) is 1.90. The molecule has 1 aromatic rings. The van der Waals surface area contributed by atoms with Gasteiger partial charge in [-0.15, -0.1) is 0 Å². The molecule has 1 aromatic carbocycles. The van der Waals surface area contributed by atoms with E-state index in [4.69, 9.17) is 11.6 Å². The molecule has 0 saturated heterocycles. The average Bonchev–Trinajstić information content (AvgIpc) is 2.05. The number of hydrogen-bond donors (Lipinski definition) is 0. The molecule has 1 rings (SSSR count). The summed E-state index contributed by atoms with van der Waals surface area (Å²) in [6.45, 7) is 1.59. The molecule has 1 radical (unpaired) electrons. The van der Waals surface area contributed by atoms with Gasteiger partial charge >= 0.3 is 0 Å². The highest BCUT2D eigenvalue weighted by Crippen LogP contribution is 2.15. The molecule has 0 spiro atoms. The first-order chi connectivity index (χ1) is 5.56. The van der Waals surface area contributed by atoms with Crippen LogP contribution in [0.4, 0.5) is 0 Å². The Kier molecular flexibility index (Phi) is 2.75. The summed E-state index contributed by atoms with van der Waals surface area (Å²) >= 11 is 5.61. The summed E-state index contributed by atoms with van der Waals surface area (Å²) in [6, 6.07) is 7.03. The molecule has 0 amide bonds. The third-order valence-corrected chi connectivity index (χ3v) is 3.40. The SMILES string of the molecule is CCS(=O)(=O)c1c[c]cc(Cl)c1. The Morgan fingerprint density at radius 2 is 2.17 bits per heavy atom. The molecule has 0 bridgehead atoms. The van der Waals surface area contributed by atoms with E-state index < -0.39 is 9.84 Å². The predicted molar refractivity (Wildman–Crippen MR) is 48.0 cm³/mol. The van der Waals surface area contributed by atoms with Crippen LogP contribution in [0.2, 0.25) is 5.02 Å². The number of sulfone groups is 1. The molecule has 0 saturated carbocycles. The van der Waals surface area contributed by atoms with Gasteiger partial charge in [-0.1, -0.05) is 18.5 Å². The maximum atomic E-state index is 11.3. The van der Waals surface area contributed by atoms with Gasteiger partial charge in [0.25, 0.3) is 0 Å². The van der Waals surface area contributed by atoms with E-state index in [0.717, 1.165) is 0 Å². The van der Waals surface area contributed by atoms with E-state index in [2.05, 4.69) is 6.07 Å². The maximum absolute atomic E-state index is 11.3. The van der Waals surface area contributed by atoms with Crippen molar-refractivity contribution >= 4 is 21.4 Å². The minimum Gasteiger partial charge on any atom is -0.224 e. The molecule has 0 aromatic heterocycles. The topological polar surface area (TPSA) is 34.1 Å². The summed E-state index contributed by atoms with van der Waals surface area (Å²) in [5.41, 5.74) is 0. The van der Waals surface area contributed by atoms with Crippen molar-refractivity contribution in [1.29, 1.82) is 0 Å². The monoisotopic (exact) mass is 203 g/mol. The number of hydrogen-bond acceptors (Lipinski definition) is 2. The summed E-state index contributed by atoms with van der Waals surface area (Å²) < 4.78 is 22.5. The Hall–Kier alpha value is -0.540. The standard InChI is InChI=1S/C8H8ClO2S/c1-2-12(10,11)8-5-3-4-7(9)6-8/h4-6H,2H2,1H3. The van der Waals surface area contributed by atoms with Crippen molar-refractivity contribution in [2.75, 3.05) is 5.75 Å². The highest BCUT2D eigenvalue weighted by atomic mass is 35.5. The van der Waals surface area contributed by atoms with E-state index in [1.165, 1.54) is 18.2 Å². The Morgan fingerprint density at radius 3 is 2.67 bits per heavy atom. The second-order valence-corrected chi connectivity index (χ2v) is 5.01. The highest BCUT2D eigenvalue weighted by molar-refractivity contribution is 7.91. The van der Waals surface area contributed by atoms with Crippen molar-refractivity contribution in [2.45, 2.75) is 11.8 Å². The third kappa shape index (κ3) is 1.99. The fourth-order valence-electron chi connectivity index (χ4n) is 0.769. The van der Waals surface area contributed by atoms with Gasteiger partial charge in [-0.2, -0.15) is 0 Å². The molecule has 0 aliphatic carbocycles. The zero-order valence-corrected chi connectivity index (χ0v) is 8.11. The third-order valence-electron chi connectivity index (χ3n) is 1.47. The lowest BCUT2D eigenvalue weighted by molar-refractivity contribution is 0.597. The largest absolute Gasteiger partial charge is 0.224 e. The van der Waals surface area contributed by atoms with Crippen molar-refractivity contribution in [3.63, 3.8) is 0 Å². The van der Waals surface area contributed by atoms with Crippen LogP contribution in [-0.2, 0) is 9.84 Å². The molecule has 65 valence electrons. The van der Waals surface area contributed by atoms with Crippen LogP contribution in [0.1, 0.15) is 6.92 Å². The minimum absolute atomic E-state index is 0.0845. The van der Waals surface area contributed by atoms with E-state index in [9.17, 15) is 8.42 Å². The van der Waals surface area contributed by atoms with Crippen LogP contribution in [0.5, 0.6) is 0 Å². The second kappa shape index (κ2) is 3.46. The molecule has 0 atom stereocenters. The molecule has 0 aliphatic rings. The van der Waals surface area contributed by atoms with Gasteiger partial charge in [0.1, 0.15) is 0 Å². The van der Waals surface area contributed by atoms with Crippen LogP contribution in [0.15, 0.2) is 23.1 Å². The van der Waals surface area contributed by atoms with Crippen LogP contribution < -0.4 is 0 Å². The van der Waals surface area contributed by atoms with Crippen LogP contribution in [0.25, 0.3) is 0 Å². The lowest BCUT2D eigenvalue weighted by atomic mass is 10.4. The molecule has 0 fully saturated rings. The number of benzene rings is 1. The Balaban J connectivity index is 3.21. The predicted octanol–water partition coefficient (Wildman–Crippen LogP) is 1.93. The van der Waals surface area contributed by atoms with Crippen LogP contribution in [0, 0.1) is 6.07 Å². The lowest BCUT2D eigenvalue weighted by Gasteiger charge is -1.99. The summed E-state index contributed by atoms with van der Waals surface area (Å²) in [6.07, 6.45) is 0. The Bertz CT molecular complexity index is 370. The first-order valence-electron chi connectivity index (χ1n) is 3.45. The molecule has 0 heterocycles. The minimum atomic E-state index is -3.14. The Morgan fingerprint density at radius 1 is 1.50 bits per heavy atom. The molecule has 4 heteroatoms. The average molecular weight is 204 g/mol. The normalized spacial score (nSPS) is 11.5. The smallest absolute Gasteiger partial charge is 0.178 e. The molecule has 0 unspecified atom stereocenters. The maximum Gasteiger partial charge on any atom is 0.178 e. The van der Waals surface area contributed by atoms with Crippen LogP contribution in [-0.4, -0.2) is 14.2 Å². The van der Waals surface area contributed by atoms with Crippen LogP contribution >= 0.6 is 11.6 Å². The van der Waals surface area contributed by atoms with E-state index in [1.807, 2.05) is 0 Å². The van der Waals surface area contributed by atoms with Gasteiger partial charge in [-0.05, 0) is 24.3 Å². The molecule has 12 heavy (non-hydrogen) atoms. The van der Waals surface area contributed by atoms with Gasteiger partial charge < -0.3 is 0 Å². The van der Waals surface area contributed by atoms with Crippen LogP contribution in [0.3, 0.4) is 0 Å². The van der Waals surface area contributed by atoms with E-state index in [0.29, 0.717) is 5.02 Å². The van der Waals surface area contributed by atoms with E-state index >= 15 is 0 Å². The van der Waals surface area contributed by atoms with Crippen molar-refractivity contribution in [2.24, 2.45) is 0 Å². The van der Waals surface area contributed by atoms with Gasteiger partial charge in [-0.25, -0.2) is 8.42 Å². The van der Waals surface area contributed by atoms with Crippen molar-refractivity contribution in [3.8, 4) is 0 Å². The van der Waals surface area contributed by atoms with E-state index in [1.54, 1.807) is 6.92 Å². The summed E-state index contributed by atoms with van der Waals surface area (Å²) in [7, 11) is -3.14. The zero-order chi connectivity index (χ0) is 9.19. The first kappa shape index (κ1) is 9.55. The van der Waals surface area contributed by atoms with Crippen molar-refractivity contribution in [1.82, 2.24) is 0 Å². The summed E-state index contributed by atoms with van der Waals surface area (Å²) in [5.74, 6) is 0.0845. The lowest BCUT2D eigenvalue weighted by Crippen LogP contribution is -2.02. The highest BCUT2D eigenvalue weighted by Gasteiger charge is 2.10. The van der Waals surface area contributed by atoms with Gasteiger partial charge in [0.2, 0.25) is 0 Å². The summed E-state index contributed by atoms with van der Waals surface area (Å²) in [4.78, 5) is 0.234. The second-order valence-electron chi connectivity index (χ2n) is 2.29. The fraction of sp³-hybridized carbons (Fsp3) is 0.250. The zero-order valence-electron chi connectivity index (χ0n) is 6.54.